The maximum Gasteiger partial charge on any atom is 0.227 e. The maximum absolute atomic E-state index is 12.9. The molecule has 1 saturated carbocycles. The van der Waals surface area contributed by atoms with Gasteiger partial charge < -0.3 is 14.5 Å². The van der Waals surface area contributed by atoms with Crippen LogP contribution in [0.5, 0.6) is 5.75 Å². The van der Waals surface area contributed by atoms with Gasteiger partial charge in [0.2, 0.25) is 11.8 Å². The van der Waals surface area contributed by atoms with Crippen molar-refractivity contribution in [2.24, 2.45) is 5.92 Å². The summed E-state index contributed by atoms with van der Waals surface area (Å²) in [5.41, 5.74) is 2.16. The van der Waals surface area contributed by atoms with E-state index in [2.05, 4.69) is 32.9 Å². The fourth-order valence-corrected chi connectivity index (χ4v) is 3.63. The monoisotopic (exact) mass is 372 g/mol. The molecule has 0 spiro atoms. The van der Waals surface area contributed by atoms with Gasteiger partial charge in [0, 0.05) is 37.7 Å². The predicted molar refractivity (Wildman–Crippen MR) is 106 cm³/mol. The SMILES string of the molecule is COc1ccc(C(C)(C)C)cc1CC(=O)N1CCCN(C(=O)C2CC2)CC1. The first-order valence-corrected chi connectivity index (χ1v) is 10.0. The zero-order valence-electron chi connectivity index (χ0n) is 17.1. The molecular formula is C22H32N2O3. The third-order valence-corrected chi connectivity index (χ3v) is 5.57. The molecule has 2 amide bonds. The van der Waals surface area contributed by atoms with Crippen LogP contribution < -0.4 is 4.74 Å². The Balaban J connectivity index is 1.67. The zero-order valence-corrected chi connectivity index (χ0v) is 17.1. The summed E-state index contributed by atoms with van der Waals surface area (Å²) in [5.74, 6) is 1.40. The lowest BCUT2D eigenvalue weighted by Crippen LogP contribution is -2.38. The maximum atomic E-state index is 12.9. The van der Waals surface area contributed by atoms with Crippen molar-refractivity contribution in [2.75, 3.05) is 33.3 Å². The van der Waals surface area contributed by atoms with Gasteiger partial charge in [-0.15, -0.1) is 0 Å². The summed E-state index contributed by atoms with van der Waals surface area (Å²) in [6, 6.07) is 6.12. The van der Waals surface area contributed by atoms with E-state index in [1.807, 2.05) is 15.9 Å². The number of methoxy groups -OCH3 is 1. The topological polar surface area (TPSA) is 49.9 Å². The molecular weight excluding hydrogens is 340 g/mol. The third kappa shape index (κ3) is 4.82. The fourth-order valence-electron chi connectivity index (χ4n) is 3.63. The van der Waals surface area contributed by atoms with Crippen molar-refractivity contribution in [3.8, 4) is 5.75 Å². The van der Waals surface area contributed by atoms with E-state index in [1.165, 1.54) is 5.56 Å². The molecule has 2 aliphatic rings. The van der Waals surface area contributed by atoms with Crippen LogP contribution in [0.3, 0.4) is 0 Å². The Hall–Kier alpha value is -2.04. The highest BCUT2D eigenvalue weighted by molar-refractivity contribution is 5.82. The molecule has 0 bridgehead atoms. The molecule has 5 nitrogen and oxygen atoms in total. The van der Waals surface area contributed by atoms with Crippen molar-refractivity contribution in [3.05, 3.63) is 29.3 Å². The van der Waals surface area contributed by atoms with Gasteiger partial charge in [0.25, 0.3) is 0 Å². The second-order valence-corrected chi connectivity index (χ2v) is 8.79. The van der Waals surface area contributed by atoms with E-state index < -0.39 is 0 Å². The molecule has 0 unspecified atom stereocenters. The van der Waals surface area contributed by atoms with Crippen molar-refractivity contribution >= 4 is 11.8 Å². The van der Waals surface area contributed by atoms with E-state index in [9.17, 15) is 9.59 Å². The van der Waals surface area contributed by atoms with E-state index in [0.29, 0.717) is 26.1 Å². The molecule has 1 aromatic rings. The van der Waals surface area contributed by atoms with Crippen LogP contribution in [0, 0.1) is 5.92 Å². The number of amides is 2. The molecule has 5 heteroatoms. The van der Waals surface area contributed by atoms with Crippen LogP contribution in [0.2, 0.25) is 0 Å². The molecule has 1 saturated heterocycles. The summed E-state index contributed by atoms with van der Waals surface area (Å²) in [4.78, 5) is 29.1. The Kier molecular flexibility index (Phi) is 5.78. The standard InChI is InChI=1S/C22H32N2O3/c1-22(2,3)18-8-9-19(27-4)17(14-18)15-20(25)23-10-5-11-24(13-12-23)21(26)16-6-7-16/h8-9,14,16H,5-7,10-13,15H2,1-4H3. The van der Waals surface area contributed by atoms with E-state index in [1.54, 1.807) is 7.11 Å². The van der Waals surface area contributed by atoms with Crippen molar-refractivity contribution in [2.45, 2.75) is 51.9 Å². The highest BCUT2D eigenvalue weighted by Gasteiger charge is 2.34. The molecule has 0 atom stereocenters. The average Bonchev–Trinajstić information content (AvgIpc) is 3.46. The van der Waals surface area contributed by atoms with Crippen LogP contribution in [0.4, 0.5) is 0 Å². The Morgan fingerprint density at radius 3 is 2.37 bits per heavy atom. The van der Waals surface area contributed by atoms with Gasteiger partial charge in [0.15, 0.2) is 0 Å². The Labute approximate surface area is 162 Å². The number of carbonyl (C=O) groups is 2. The lowest BCUT2D eigenvalue weighted by atomic mass is 9.85. The second-order valence-electron chi connectivity index (χ2n) is 8.79. The number of benzene rings is 1. The summed E-state index contributed by atoms with van der Waals surface area (Å²) in [6.45, 7) is 9.26. The van der Waals surface area contributed by atoms with Crippen LogP contribution in [0.1, 0.15) is 51.2 Å². The molecule has 148 valence electrons. The first-order chi connectivity index (χ1) is 12.8. The number of carbonyl (C=O) groups excluding carboxylic acids is 2. The Bertz CT molecular complexity index is 704. The Morgan fingerprint density at radius 1 is 1.07 bits per heavy atom. The van der Waals surface area contributed by atoms with Crippen molar-refractivity contribution < 1.29 is 14.3 Å². The fraction of sp³-hybridized carbons (Fsp3) is 0.636. The summed E-state index contributed by atoms with van der Waals surface area (Å²) >= 11 is 0. The van der Waals surface area contributed by atoms with Gasteiger partial charge in [-0.2, -0.15) is 0 Å². The number of ether oxygens (including phenoxy) is 1. The molecule has 1 heterocycles. The van der Waals surface area contributed by atoms with E-state index >= 15 is 0 Å². The van der Waals surface area contributed by atoms with E-state index in [4.69, 9.17) is 4.74 Å². The minimum atomic E-state index is 0.0242. The first-order valence-electron chi connectivity index (χ1n) is 10.0. The van der Waals surface area contributed by atoms with Gasteiger partial charge in [0.1, 0.15) is 5.75 Å². The van der Waals surface area contributed by atoms with Gasteiger partial charge in [-0.1, -0.05) is 32.9 Å². The lowest BCUT2D eigenvalue weighted by molar-refractivity contribution is -0.134. The normalized spacial score (nSPS) is 18.2. The third-order valence-electron chi connectivity index (χ3n) is 5.57. The van der Waals surface area contributed by atoms with Gasteiger partial charge in [-0.3, -0.25) is 9.59 Å². The molecule has 0 aromatic heterocycles. The largest absolute Gasteiger partial charge is 0.496 e. The molecule has 27 heavy (non-hydrogen) atoms. The van der Waals surface area contributed by atoms with Gasteiger partial charge in [-0.25, -0.2) is 0 Å². The van der Waals surface area contributed by atoms with Gasteiger partial charge in [0.05, 0.1) is 13.5 Å². The first kappa shape index (κ1) is 19.7. The van der Waals surface area contributed by atoms with Crippen LogP contribution in [0.25, 0.3) is 0 Å². The summed E-state index contributed by atoms with van der Waals surface area (Å²) in [5, 5.41) is 0. The summed E-state index contributed by atoms with van der Waals surface area (Å²) in [7, 11) is 1.65. The van der Waals surface area contributed by atoms with Crippen LogP contribution in [-0.4, -0.2) is 54.9 Å². The van der Waals surface area contributed by atoms with Gasteiger partial charge >= 0.3 is 0 Å². The van der Waals surface area contributed by atoms with Crippen LogP contribution in [0.15, 0.2) is 18.2 Å². The summed E-state index contributed by atoms with van der Waals surface area (Å²) < 4.78 is 5.48. The molecule has 1 aromatic carbocycles. The zero-order chi connectivity index (χ0) is 19.6. The van der Waals surface area contributed by atoms with E-state index in [0.717, 1.165) is 37.1 Å². The molecule has 2 fully saturated rings. The molecule has 1 aliphatic heterocycles. The van der Waals surface area contributed by atoms with E-state index in [-0.39, 0.29) is 23.1 Å². The van der Waals surface area contributed by atoms with Crippen molar-refractivity contribution in [1.82, 2.24) is 9.80 Å². The predicted octanol–water partition coefficient (Wildman–Crippen LogP) is 3.01. The lowest BCUT2D eigenvalue weighted by Gasteiger charge is -2.24. The van der Waals surface area contributed by atoms with Crippen molar-refractivity contribution in [3.63, 3.8) is 0 Å². The molecule has 0 radical (unpaired) electrons. The Morgan fingerprint density at radius 2 is 1.74 bits per heavy atom. The molecule has 1 aliphatic carbocycles. The second kappa shape index (κ2) is 7.91. The quantitative estimate of drug-likeness (QED) is 0.816. The molecule has 0 N–H and O–H groups in total. The van der Waals surface area contributed by atoms with Crippen molar-refractivity contribution in [1.29, 1.82) is 0 Å². The highest BCUT2D eigenvalue weighted by atomic mass is 16.5. The highest BCUT2D eigenvalue weighted by Crippen LogP contribution is 2.31. The van der Waals surface area contributed by atoms with Gasteiger partial charge in [-0.05, 0) is 36.3 Å². The number of nitrogens with zero attached hydrogens (tertiary/aromatic N) is 2. The van der Waals surface area contributed by atoms with Crippen LogP contribution in [-0.2, 0) is 21.4 Å². The smallest absolute Gasteiger partial charge is 0.227 e. The molecule has 3 rings (SSSR count). The number of hydrogen-bond donors (Lipinski definition) is 0. The number of rotatable bonds is 4. The number of hydrogen-bond acceptors (Lipinski definition) is 3. The van der Waals surface area contributed by atoms with Crippen LogP contribution >= 0.6 is 0 Å². The average molecular weight is 373 g/mol. The minimum Gasteiger partial charge on any atom is -0.496 e. The minimum absolute atomic E-state index is 0.0242. The summed E-state index contributed by atoms with van der Waals surface area (Å²) in [6.07, 6.45) is 3.25.